The monoisotopic (exact) mass is 412 g/mol. The predicted molar refractivity (Wildman–Crippen MR) is 97.6 cm³/mol. The van der Waals surface area contributed by atoms with Crippen molar-refractivity contribution in [1.29, 1.82) is 0 Å². The van der Waals surface area contributed by atoms with Gasteiger partial charge in [0.15, 0.2) is 17.0 Å². The molecule has 0 spiro atoms. The van der Waals surface area contributed by atoms with Crippen molar-refractivity contribution in [1.82, 2.24) is 19.9 Å². The van der Waals surface area contributed by atoms with Gasteiger partial charge in [-0.05, 0) is 44.2 Å². The molecule has 1 N–H and O–H groups in total. The van der Waals surface area contributed by atoms with E-state index in [1.165, 1.54) is 7.11 Å². The van der Waals surface area contributed by atoms with Gasteiger partial charge in [-0.2, -0.15) is 18.3 Å². The van der Waals surface area contributed by atoms with Crippen LogP contribution in [0.4, 0.5) is 13.2 Å². The normalized spacial score (nSPS) is 11.9. The van der Waals surface area contributed by atoms with Gasteiger partial charge in [0.1, 0.15) is 10.8 Å². The van der Waals surface area contributed by atoms with E-state index in [0.717, 1.165) is 6.07 Å². The molecule has 0 aliphatic carbocycles. The minimum atomic E-state index is -4.73. The van der Waals surface area contributed by atoms with Crippen LogP contribution < -0.4 is 10.1 Å². The van der Waals surface area contributed by atoms with Crippen molar-refractivity contribution in [2.24, 2.45) is 0 Å². The number of ether oxygens (including phenoxy) is 1. The summed E-state index contributed by atoms with van der Waals surface area (Å²) in [5, 5.41) is 6.07. The minimum Gasteiger partial charge on any atom is -0.497 e. The van der Waals surface area contributed by atoms with Crippen LogP contribution in [-0.4, -0.2) is 33.7 Å². The smallest absolute Gasteiger partial charge is 0.433 e. The highest BCUT2D eigenvalue weighted by Gasteiger charge is 2.36. The summed E-state index contributed by atoms with van der Waals surface area (Å²) in [7, 11) is 1.48. The Labute approximate surface area is 163 Å². The van der Waals surface area contributed by atoms with Gasteiger partial charge in [-0.1, -0.05) is 11.6 Å². The zero-order chi connectivity index (χ0) is 20.6. The van der Waals surface area contributed by atoms with E-state index in [9.17, 15) is 18.0 Å². The van der Waals surface area contributed by atoms with Crippen LogP contribution in [0.2, 0.25) is 5.02 Å². The van der Waals surface area contributed by atoms with Crippen molar-refractivity contribution in [3.05, 3.63) is 46.7 Å². The standard InChI is InChI=1S/C18H16ClF3N4O2/c1-9(2)23-17(27)15-14(19)16-24-12(10-4-6-11(28-3)7-5-10)8-13(18(20,21)22)26(16)25-15/h4-9H,1-3H3,(H,23,27). The first kappa shape index (κ1) is 19.9. The van der Waals surface area contributed by atoms with Crippen LogP contribution in [0.15, 0.2) is 30.3 Å². The number of hydrogen-bond donors (Lipinski definition) is 1. The molecule has 0 aliphatic rings. The molecule has 0 saturated heterocycles. The number of carbonyl (C=O) groups is 1. The largest absolute Gasteiger partial charge is 0.497 e. The van der Waals surface area contributed by atoms with Crippen molar-refractivity contribution in [2.75, 3.05) is 7.11 Å². The van der Waals surface area contributed by atoms with E-state index in [0.29, 0.717) is 15.8 Å². The summed E-state index contributed by atoms with van der Waals surface area (Å²) >= 11 is 6.17. The maximum absolute atomic E-state index is 13.6. The van der Waals surface area contributed by atoms with Gasteiger partial charge in [-0.25, -0.2) is 9.50 Å². The van der Waals surface area contributed by atoms with Gasteiger partial charge in [-0.3, -0.25) is 4.79 Å². The van der Waals surface area contributed by atoms with Crippen LogP contribution >= 0.6 is 11.6 Å². The Morgan fingerprint density at radius 3 is 2.43 bits per heavy atom. The number of aromatic nitrogens is 3. The van der Waals surface area contributed by atoms with Crippen molar-refractivity contribution < 1.29 is 22.7 Å². The summed E-state index contributed by atoms with van der Waals surface area (Å²) in [6, 6.07) is 6.99. The lowest BCUT2D eigenvalue weighted by molar-refractivity contribution is -0.142. The van der Waals surface area contributed by atoms with Gasteiger partial charge >= 0.3 is 6.18 Å². The predicted octanol–water partition coefficient (Wildman–Crippen LogP) is 4.22. The van der Waals surface area contributed by atoms with E-state index in [1.54, 1.807) is 38.1 Å². The van der Waals surface area contributed by atoms with E-state index in [4.69, 9.17) is 16.3 Å². The third kappa shape index (κ3) is 3.75. The van der Waals surface area contributed by atoms with Gasteiger partial charge in [0.25, 0.3) is 5.91 Å². The molecular weight excluding hydrogens is 397 g/mol. The molecule has 0 atom stereocenters. The summed E-state index contributed by atoms with van der Waals surface area (Å²) in [5.74, 6) is -0.125. The number of nitrogens with zero attached hydrogens (tertiary/aromatic N) is 3. The molecular formula is C18H16ClF3N4O2. The minimum absolute atomic E-state index is 0.0418. The van der Waals surface area contributed by atoms with Crippen molar-refractivity contribution >= 4 is 23.2 Å². The molecule has 3 aromatic rings. The summed E-state index contributed by atoms with van der Waals surface area (Å²) in [6.07, 6.45) is -4.73. The molecule has 0 bridgehead atoms. The Morgan fingerprint density at radius 2 is 1.89 bits per heavy atom. The molecule has 0 saturated carbocycles. The van der Waals surface area contributed by atoms with Gasteiger partial charge in [0, 0.05) is 11.6 Å². The number of alkyl halides is 3. The highest BCUT2D eigenvalue weighted by Crippen LogP contribution is 2.34. The third-order valence-corrected chi connectivity index (χ3v) is 4.19. The van der Waals surface area contributed by atoms with Crippen LogP contribution in [0.1, 0.15) is 30.0 Å². The van der Waals surface area contributed by atoms with Crippen LogP contribution in [-0.2, 0) is 6.18 Å². The van der Waals surface area contributed by atoms with E-state index < -0.39 is 17.8 Å². The lowest BCUT2D eigenvalue weighted by Gasteiger charge is -2.11. The van der Waals surface area contributed by atoms with Gasteiger partial charge in [0.05, 0.1) is 12.8 Å². The average Bonchev–Trinajstić information content (AvgIpc) is 2.96. The Hall–Kier alpha value is -2.81. The van der Waals surface area contributed by atoms with Crippen molar-refractivity contribution in [2.45, 2.75) is 26.1 Å². The number of rotatable bonds is 4. The highest BCUT2D eigenvalue weighted by molar-refractivity contribution is 6.36. The summed E-state index contributed by atoms with van der Waals surface area (Å²) < 4.78 is 46.5. The van der Waals surface area contributed by atoms with Gasteiger partial charge in [-0.15, -0.1) is 0 Å². The van der Waals surface area contributed by atoms with Crippen molar-refractivity contribution in [3.8, 4) is 17.0 Å². The molecule has 0 fully saturated rings. The number of carbonyl (C=O) groups excluding carboxylic acids is 1. The SMILES string of the molecule is COc1ccc(-c2cc(C(F)(F)F)n3nc(C(=O)NC(C)C)c(Cl)c3n2)cc1. The molecule has 1 aromatic carbocycles. The lowest BCUT2D eigenvalue weighted by Crippen LogP contribution is -2.30. The van der Waals surface area contributed by atoms with Gasteiger partial charge in [0.2, 0.25) is 0 Å². The summed E-state index contributed by atoms with van der Waals surface area (Å²) in [5.41, 5.74) is -1.19. The molecule has 1 amide bonds. The Morgan fingerprint density at radius 1 is 1.25 bits per heavy atom. The molecule has 28 heavy (non-hydrogen) atoms. The summed E-state index contributed by atoms with van der Waals surface area (Å²) in [4.78, 5) is 16.4. The van der Waals surface area contributed by atoms with E-state index >= 15 is 0 Å². The van der Waals surface area contributed by atoms with Crippen molar-refractivity contribution in [3.63, 3.8) is 0 Å². The Balaban J connectivity index is 2.22. The van der Waals surface area contributed by atoms with Crippen LogP contribution in [0, 0.1) is 0 Å². The van der Waals surface area contributed by atoms with Gasteiger partial charge < -0.3 is 10.1 Å². The Kier molecular flexibility index (Phi) is 5.20. The number of amides is 1. The fourth-order valence-corrected chi connectivity index (χ4v) is 2.82. The molecule has 148 valence electrons. The number of hydrogen-bond acceptors (Lipinski definition) is 4. The zero-order valence-corrected chi connectivity index (χ0v) is 15.9. The van der Waals surface area contributed by atoms with Crippen LogP contribution in [0.3, 0.4) is 0 Å². The second kappa shape index (κ2) is 7.31. The Bertz CT molecular complexity index is 1030. The molecule has 6 nitrogen and oxygen atoms in total. The maximum atomic E-state index is 13.6. The topological polar surface area (TPSA) is 68.5 Å². The number of benzene rings is 1. The second-order valence-electron chi connectivity index (χ2n) is 6.28. The molecule has 3 rings (SSSR count). The van der Waals surface area contributed by atoms with E-state index in [-0.39, 0.29) is 28.1 Å². The first-order valence-electron chi connectivity index (χ1n) is 8.23. The molecule has 10 heteroatoms. The molecule has 0 aliphatic heterocycles. The van der Waals surface area contributed by atoms with Crippen LogP contribution in [0.25, 0.3) is 16.9 Å². The molecule has 0 radical (unpaired) electrons. The fraction of sp³-hybridized carbons (Fsp3) is 0.278. The molecule has 2 aromatic heterocycles. The quantitative estimate of drug-likeness (QED) is 0.696. The third-order valence-electron chi connectivity index (χ3n) is 3.84. The maximum Gasteiger partial charge on any atom is 0.433 e. The van der Waals surface area contributed by atoms with Crippen LogP contribution in [0.5, 0.6) is 5.75 Å². The average molecular weight is 413 g/mol. The first-order chi connectivity index (χ1) is 13.1. The number of methoxy groups -OCH3 is 1. The zero-order valence-electron chi connectivity index (χ0n) is 15.1. The first-order valence-corrected chi connectivity index (χ1v) is 8.61. The van der Waals surface area contributed by atoms with E-state index in [2.05, 4.69) is 15.4 Å². The number of halogens is 4. The molecule has 2 heterocycles. The summed E-state index contributed by atoms with van der Waals surface area (Å²) in [6.45, 7) is 3.42. The van der Waals surface area contributed by atoms with E-state index in [1.807, 2.05) is 0 Å². The highest BCUT2D eigenvalue weighted by atomic mass is 35.5. The number of fused-ring (bicyclic) bond motifs is 1. The fourth-order valence-electron chi connectivity index (χ4n) is 2.58. The second-order valence-corrected chi connectivity index (χ2v) is 6.66. The lowest BCUT2D eigenvalue weighted by atomic mass is 10.1. The number of nitrogens with one attached hydrogen (secondary N) is 1. The molecule has 0 unspecified atom stereocenters.